The van der Waals surface area contributed by atoms with Gasteiger partial charge in [-0.15, -0.1) is 0 Å². The molecule has 0 saturated carbocycles. The fourth-order valence-electron chi connectivity index (χ4n) is 1.57. The Bertz CT molecular complexity index is 483. The highest BCUT2D eigenvalue weighted by Gasteiger charge is 2.26. The molecule has 2 rings (SSSR count). The summed E-state index contributed by atoms with van der Waals surface area (Å²) in [6, 6.07) is 4.57. The molecule has 1 aliphatic heterocycles. The minimum atomic E-state index is -0.481. The number of hydrogen-bond donors (Lipinski definition) is 2. The highest BCUT2D eigenvalue weighted by molar-refractivity contribution is 5.99. The first kappa shape index (κ1) is 12.4. The Kier molecular flexibility index (Phi) is 3.47. The van der Waals surface area contributed by atoms with Gasteiger partial charge in [0.1, 0.15) is 6.10 Å². The van der Waals surface area contributed by atoms with Crippen LogP contribution in [-0.2, 0) is 14.3 Å². The van der Waals surface area contributed by atoms with E-state index < -0.39 is 12.1 Å². The largest absolute Gasteiger partial charge is 0.465 e. The van der Waals surface area contributed by atoms with Crippen LogP contribution >= 0.6 is 0 Å². The number of amides is 1. The van der Waals surface area contributed by atoms with Crippen LogP contribution in [0.4, 0.5) is 11.4 Å². The number of nitrogens with one attached hydrogen (secondary N) is 1. The Morgan fingerprint density at radius 3 is 2.78 bits per heavy atom. The van der Waals surface area contributed by atoms with Crippen molar-refractivity contribution in [3.8, 4) is 0 Å². The molecule has 96 valence electrons. The van der Waals surface area contributed by atoms with E-state index in [1.165, 1.54) is 19.2 Å². The van der Waals surface area contributed by atoms with Gasteiger partial charge >= 0.3 is 5.97 Å². The molecule has 1 saturated heterocycles. The zero-order valence-electron chi connectivity index (χ0n) is 9.93. The standard InChI is InChI=1S/C12H14N2O4/c1-17-12(16)7-2-3-8(13)9(6-7)14-11(15)10-4-5-18-10/h2-3,6,10H,4-5,13H2,1H3,(H,14,15)/t10-/m0/s1. The number of nitrogens with two attached hydrogens (primary N) is 1. The second-order valence-electron chi connectivity index (χ2n) is 3.93. The van der Waals surface area contributed by atoms with Crippen molar-refractivity contribution in [1.82, 2.24) is 0 Å². The van der Waals surface area contributed by atoms with Gasteiger partial charge in [0.15, 0.2) is 0 Å². The van der Waals surface area contributed by atoms with Gasteiger partial charge in [0.05, 0.1) is 30.7 Å². The molecule has 1 heterocycles. The monoisotopic (exact) mass is 250 g/mol. The van der Waals surface area contributed by atoms with Crippen LogP contribution < -0.4 is 11.1 Å². The van der Waals surface area contributed by atoms with Crippen molar-refractivity contribution >= 4 is 23.3 Å². The van der Waals surface area contributed by atoms with E-state index in [9.17, 15) is 9.59 Å². The zero-order chi connectivity index (χ0) is 13.1. The predicted molar refractivity (Wildman–Crippen MR) is 65.2 cm³/mol. The number of methoxy groups -OCH3 is 1. The average Bonchev–Trinajstić information content (AvgIpc) is 2.28. The van der Waals surface area contributed by atoms with Gasteiger partial charge in [-0.1, -0.05) is 0 Å². The van der Waals surface area contributed by atoms with Gasteiger partial charge in [-0.05, 0) is 18.2 Å². The lowest BCUT2D eigenvalue weighted by Gasteiger charge is -2.25. The van der Waals surface area contributed by atoms with Gasteiger partial charge in [0.25, 0.3) is 5.91 Å². The molecule has 6 heteroatoms. The first-order valence-corrected chi connectivity index (χ1v) is 5.52. The Morgan fingerprint density at radius 1 is 1.50 bits per heavy atom. The number of anilines is 2. The second kappa shape index (κ2) is 5.05. The van der Waals surface area contributed by atoms with Crippen molar-refractivity contribution in [2.45, 2.75) is 12.5 Å². The number of benzene rings is 1. The van der Waals surface area contributed by atoms with Crippen LogP contribution in [0.2, 0.25) is 0 Å². The lowest BCUT2D eigenvalue weighted by Crippen LogP contribution is -2.39. The maximum absolute atomic E-state index is 11.7. The minimum absolute atomic E-state index is 0.255. The molecular formula is C12H14N2O4. The molecule has 6 nitrogen and oxygen atoms in total. The highest BCUT2D eigenvalue weighted by atomic mass is 16.5. The van der Waals surface area contributed by atoms with E-state index in [2.05, 4.69) is 10.1 Å². The molecule has 0 spiro atoms. The Hall–Kier alpha value is -2.08. The third-order valence-electron chi connectivity index (χ3n) is 2.72. The van der Waals surface area contributed by atoms with Crippen LogP contribution in [-0.4, -0.2) is 31.7 Å². The van der Waals surface area contributed by atoms with Gasteiger partial charge in [-0.25, -0.2) is 4.79 Å². The van der Waals surface area contributed by atoms with Crippen molar-refractivity contribution in [1.29, 1.82) is 0 Å². The van der Waals surface area contributed by atoms with Gasteiger partial charge in [-0.3, -0.25) is 4.79 Å². The molecule has 1 aliphatic rings. The van der Waals surface area contributed by atoms with Gasteiger partial charge in [0, 0.05) is 6.42 Å². The van der Waals surface area contributed by atoms with Crippen LogP contribution in [0.3, 0.4) is 0 Å². The third-order valence-corrected chi connectivity index (χ3v) is 2.72. The van der Waals surface area contributed by atoms with Crippen molar-refractivity contribution in [2.24, 2.45) is 0 Å². The Morgan fingerprint density at radius 2 is 2.22 bits per heavy atom. The van der Waals surface area contributed by atoms with Gasteiger partial charge < -0.3 is 20.5 Å². The van der Waals surface area contributed by atoms with Crippen LogP contribution in [0.15, 0.2) is 18.2 Å². The van der Waals surface area contributed by atoms with Gasteiger partial charge in [-0.2, -0.15) is 0 Å². The topological polar surface area (TPSA) is 90.6 Å². The summed E-state index contributed by atoms with van der Waals surface area (Å²) in [6.07, 6.45) is 0.272. The van der Waals surface area contributed by atoms with Crippen molar-refractivity contribution in [3.05, 3.63) is 23.8 Å². The molecule has 0 aliphatic carbocycles. The molecule has 0 unspecified atom stereocenters. The summed E-state index contributed by atoms with van der Waals surface area (Å²) in [5.74, 6) is -0.736. The van der Waals surface area contributed by atoms with Crippen molar-refractivity contribution in [3.63, 3.8) is 0 Å². The fourth-order valence-corrected chi connectivity index (χ4v) is 1.57. The lowest BCUT2D eigenvalue weighted by molar-refractivity contribution is -0.139. The zero-order valence-corrected chi connectivity index (χ0v) is 9.93. The summed E-state index contributed by atoms with van der Waals surface area (Å²) in [6.45, 7) is 0.593. The molecule has 3 N–H and O–H groups in total. The van der Waals surface area contributed by atoms with Crippen molar-refractivity contribution < 1.29 is 19.1 Å². The number of carbonyl (C=O) groups is 2. The molecule has 0 bridgehead atoms. The number of ether oxygens (including phenoxy) is 2. The van der Waals surface area contributed by atoms with E-state index in [0.29, 0.717) is 30.0 Å². The van der Waals surface area contributed by atoms with Crippen LogP contribution in [0.1, 0.15) is 16.8 Å². The maximum Gasteiger partial charge on any atom is 0.337 e. The SMILES string of the molecule is COC(=O)c1ccc(N)c(NC(=O)[C@@H]2CCO2)c1. The summed E-state index contributed by atoms with van der Waals surface area (Å²) in [5, 5.41) is 2.63. The molecule has 1 amide bonds. The lowest BCUT2D eigenvalue weighted by atomic mass is 10.1. The van der Waals surface area contributed by atoms with Crippen LogP contribution in [0.5, 0.6) is 0 Å². The summed E-state index contributed by atoms with van der Waals surface area (Å²) in [7, 11) is 1.29. The quantitative estimate of drug-likeness (QED) is 0.611. The summed E-state index contributed by atoms with van der Waals surface area (Å²) < 4.78 is 9.66. The second-order valence-corrected chi connectivity index (χ2v) is 3.93. The number of rotatable bonds is 3. The number of carbonyl (C=O) groups excluding carboxylic acids is 2. The Labute approximate surface area is 104 Å². The number of esters is 1. The molecule has 1 aromatic rings. The van der Waals surface area contributed by atoms with Crippen molar-refractivity contribution in [2.75, 3.05) is 24.8 Å². The van der Waals surface area contributed by atoms with E-state index in [0.717, 1.165) is 0 Å². The number of nitrogen functional groups attached to an aromatic ring is 1. The van der Waals surface area contributed by atoms with E-state index in [4.69, 9.17) is 10.5 Å². The molecule has 1 atom stereocenters. The number of hydrogen-bond acceptors (Lipinski definition) is 5. The smallest absolute Gasteiger partial charge is 0.337 e. The summed E-state index contributed by atoms with van der Waals surface area (Å²) in [4.78, 5) is 23.1. The first-order valence-electron chi connectivity index (χ1n) is 5.52. The van der Waals surface area contributed by atoms with E-state index >= 15 is 0 Å². The minimum Gasteiger partial charge on any atom is -0.465 e. The van der Waals surface area contributed by atoms with E-state index in [1.54, 1.807) is 6.07 Å². The normalized spacial score (nSPS) is 17.7. The Balaban J connectivity index is 2.15. The van der Waals surface area contributed by atoms with E-state index in [-0.39, 0.29) is 5.91 Å². The average molecular weight is 250 g/mol. The molecule has 18 heavy (non-hydrogen) atoms. The molecular weight excluding hydrogens is 236 g/mol. The fraction of sp³-hybridized carbons (Fsp3) is 0.333. The predicted octanol–water partition coefficient (Wildman–Crippen LogP) is 0.783. The first-order chi connectivity index (χ1) is 8.61. The summed E-state index contributed by atoms with van der Waals surface area (Å²) >= 11 is 0. The van der Waals surface area contributed by atoms with Crippen LogP contribution in [0.25, 0.3) is 0 Å². The van der Waals surface area contributed by atoms with Gasteiger partial charge in [0.2, 0.25) is 0 Å². The highest BCUT2D eigenvalue weighted by Crippen LogP contribution is 2.22. The molecule has 0 aromatic heterocycles. The summed E-state index contributed by atoms with van der Waals surface area (Å²) in [5.41, 5.74) is 6.83. The van der Waals surface area contributed by atoms with E-state index in [1.807, 2.05) is 0 Å². The molecule has 1 fully saturated rings. The molecule has 1 aromatic carbocycles. The maximum atomic E-state index is 11.7. The van der Waals surface area contributed by atoms with Crippen LogP contribution in [0, 0.1) is 0 Å². The third kappa shape index (κ3) is 2.43. The molecule has 0 radical (unpaired) electrons.